The second-order valence-corrected chi connectivity index (χ2v) is 3.75. The largest absolute Gasteiger partial charge is 0.198 e. The van der Waals surface area contributed by atoms with Gasteiger partial charge in [0.25, 0.3) is 0 Å². The third-order valence-corrected chi connectivity index (χ3v) is 2.57. The Morgan fingerprint density at radius 1 is 1.12 bits per heavy atom. The summed E-state index contributed by atoms with van der Waals surface area (Å²) in [5.41, 5.74) is 2.39. The molecule has 0 saturated heterocycles. The summed E-state index contributed by atoms with van der Waals surface area (Å²) in [6.45, 7) is 0. The number of fused-ring (bicyclic) bond motifs is 1. The van der Waals surface area contributed by atoms with Crippen LogP contribution in [0.1, 0.15) is 0 Å². The Morgan fingerprint density at radius 2 is 1.94 bits per heavy atom. The van der Waals surface area contributed by atoms with Crippen molar-refractivity contribution in [2.24, 2.45) is 0 Å². The van der Waals surface area contributed by atoms with Crippen LogP contribution in [0.5, 0.6) is 0 Å². The van der Waals surface area contributed by atoms with E-state index in [1.807, 2.05) is 30.3 Å². The second kappa shape index (κ2) is 3.57. The van der Waals surface area contributed by atoms with E-state index in [4.69, 9.17) is 11.6 Å². The second-order valence-electron chi connectivity index (χ2n) is 3.34. The molecule has 0 aliphatic carbocycles. The number of hydrogen-bond acceptors (Lipinski definition) is 3. The minimum Gasteiger partial charge on any atom is -0.198 e. The zero-order valence-corrected chi connectivity index (χ0v) is 8.96. The molecule has 0 saturated carbocycles. The number of halogens is 1. The van der Waals surface area contributed by atoms with Crippen molar-refractivity contribution in [3.8, 4) is 11.3 Å². The van der Waals surface area contributed by atoms with Crippen LogP contribution in [0.25, 0.3) is 16.9 Å². The molecule has 1 aromatic carbocycles. The van der Waals surface area contributed by atoms with Gasteiger partial charge in [0, 0.05) is 5.56 Å². The molecule has 0 radical (unpaired) electrons. The van der Waals surface area contributed by atoms with Crippen molar-refractivity contribution in [1.29, 1.82) is 0 Å². The van der Waals surface area contributed by atoms with E-state index < -0.39 is 0 Å². The summed E-state index contributed by atoms with van der Waals surface area (Å²) in [7, 11) is 0. The standard InChI is InChI=1S/C11H7ClN4/c12-9-6-10(8-4-2-1-3-5-8)15-16-7-13-14-11(9)16/h1-7H. The van der Waals surface area contributed by atoms with E-state index >= 15 is 0 Å². The van der Waals surface area contributed by atoms with Gasteiger partial charge in [-0.3, -0.25) is 0 Å². The molecule has 3 aromatic rings. The van der Waals surface area contributed by atoms with Gasteiger partial charge in [-0.15, -0.1) is 10.2 Å². The lowest BCUT2D eigenvalue weighted by atomic mass is 10.1. The first-order valence-corrected chi connectivity index (χ1v) is 5.14. The lowest BCUT2D eigenvalue weighted by Crippen LogP contribution is -1.94. The van der Waals surface area contributed by atoms with E-state index in [2.05, 4.69) is 15.3 Å². The average molecular weight is 231 g/mol. The highest BCUT2D eigenvalue weighted by Crippen LogP contribution is 2.22. The Balaban J connectivity index is 2.25. The van der Waals surface area contributed by atoms with Gasteiger partial charge in [-0.2, -0.15) is 9.61 Å². The first-order chi connectivity index (χ1) is 7.84. The van der Waals surface area contributed by atoms with Crippen LogP contribution in [0.3, 0.4) is 0 Å². The normalized spacial score (nSPS) is 10.8. The molecule has 0 N–H and O–H groups in total. The summed E-state index contributed by atoms with van der Waals surface area (Å²) in [5.74, 6) is 0. The van der Waals surface area contributed by atoms with Crippen LogP contribution in [0, 0.1) is 0 Å². The van der Waals surface area contributed by atoms with Crippen molar-refractivity contribution in [3.05, 3.63) is 47.7 Å². The molecule has 0 amide bonds. The summed E-state index contributed by atoms with van der Waals surface area (Å²) in [6.07, 6.45) is 1.54. The topological polar surface area (TPSA) is 43.1 Å². The summed E-state index contributed by atoms with van der Waals surface area (Å²) in [4.78, 5) is 0. The molecule has 16 heavy (non-hydrogen) atoms. The number of nitrogens with zero attached hydrogens (tertiary/aromatic N) is 4. The van der Waals surface area contributed by atoms with Gasteiger partial charge in [0.05, 0.1) is 10.7 Å². The molecule has 2 heterocycles. The van der Waals surface area contributed by atoms with E-state index in [0.29, 0.717) is 10.7 Å². The third kappa shape index (κ3) is 1.44. The highest BCUT2D eigenvalue weighted by Gasteiger charge is 2.06. The minimum atomic E-state index is 0.548. The van der Waals surface area contributed by atoms with Crippen molar-refractivity contribution >= 4 is 17.2 Å². The minimum absolute atomic E-state index is 0.548. The maximum atomic E-state index is 6.09. The molecule has 3 rings (SSSR count). The van der Waals surface area contributed by atoms with Crippen LogP contribution in [0.4, 0.5) is 0 Å². The molecule has 4 nitrogen and oxygen atoms in total. The average Bonchev–Trinajstić information content (AvgIpc) is 2.79. The van der Waals surface area contributed by atoms with Crippen LogP contribution < -0.4 is 0 Å². The van der Waals surface area contributed by atoms with Gasteiger partial charge in [-0.1, -0.05) is 41.9 Å². The molecule has 5 heteroatoms. The number of benzene rings is 1. The molecule has 0 spiro atoms. The van der Waals surface area contributed by atoms with Gasteiger partial charge < -0.3 is 0 Å². The first-order valence-electron chi connectivity index (χ1n) is 4.76. The highest BCUT2D eigenvalue weighted by atomic mass is 35.5. The van der Waals surface area contributed by atoms with Crippen molar-refractivity contribution in [2.45, 2.75) is 0 Å². The first kappa shape index (κ1) is 9.30. The monoisotopic (exact) mass is 230 g/mol. The lowest BCUT2D eigenvalue weighted by Gasteiger charge is -2.01. The third-order valence-electron chi connectivity index (χ3n) is 2.29. The van der Waals surface area contributed by atoms with Gasteiger partial charge in [0.2, 0.25) is 0 Å². The number of hydrogen-bond donors (Lipinski definition) is 0. The van der Waals surface area contributed by atoms with Gasteiger partial charge in [0.15, 0.2) is 5.65 Å². The predicted octanol–water partition coefficient (Wildman–Crippen LogP) is 2.44. The van der Waals surface area contributed by atoms with Gasteiger partial charge in [-0.05, 0) is 6.07 Å². The Bertz CT molecular complexity index is 633. The molecular weight excluding hydrogens is 224 g/mol. The van der Waals surface area contributed by atoms with E-state index in [1.165, 1.54) is 6.33 Å². The molecular formula is C11H7ClN4. The van der Waals surface area contributed by atoms with Crippen molar-refractivity contribution in [2.75, 3.05) is 0 Å². The Kier molecular flexibility index (Phi) is 2.08. The molecule has 0 aliphatic rings. The quantitative estimate of drug-likeness (QED) is 0.645. The summed E-state index contributed by atoms with van der Waals surface area (Å²) >= 11 is 6.09. The Hall–Kier alpha value is -1.94. The number of aromatic nitrogens is 4. The van der Waals surface area contributed by atoms with Gasteiger partial charge >= 0.3 is 0 Å². The zero-order chi connectivity index (χ0) is 11.0. The molecule has 0 bridgehead atoms. The SMILES string of the molecule is Clc1cc(-c2ccccc2)nn2cnnc12. The fourth-order valence-corrected chi connectivity index (χ4v) is 1.77. The van der Waals surface area contributed by atoms with Crippen LogP contribution >= 0.6 is 11.6 Å². The fourth-order valence-electron chi connectivity index (χ4n) is 1.54. The van der Waals surface area contributed by atoms with Crippen LogP contribution in [-0.2, 0) is 0 Å². The molecule has 0 aliphatic heterocycles. The molecule has 0 atom stereocenters. The molecule has 78 valence electrons. The van der Waals surface area contributed by atoms with Crippen molar-refractivity contribution in [3.63, 3.8) is 0 Å². The van der Waals surface area contributed by atoms with Crippen LogP contribution in [0.2, 0.25) is 5.02 Å². The van der Waals surface area contributed by atoms with Crippen molar-refractivity contribution < 1.29 is 0 Å². The summed E-state index contributed by atoms with van der Waals surface area (Å²) < 4.78 is 1.57. The molecule has 0 unspecified atom stereocenters. The Labute approximate surface area is 96.5 Å². The van der Waals surface area contributed by atoms with E-state index in [9.17, 15) is 0 Å². The van der Waals surface area contributed by atoms with Gasteiger partial charge in [-0.25, -0.2) is 0 Å². The van der Waals surface area contributed by atoms with Crippen molar-refractivity contribution in [1.82, 2.24) is 19.8 Å². The van der Waals surface area contributed by atoms with E-state index in [0.717, 1.165) is 11.3 Å². The lowest BCUT2D eigenvalue weighted by molar-refractivity contribution is 0.932. The fraction of sp³-hybridized carbons (Fsp3) is 0. The number of rotatable bonds is 1. The Morgan fingerprint density at radius 3 is 2.75 bits per heavy atom. The maximum Gasteiger partial charge on any atom is 0.196 e. The molecule has 2 aromatic heterocycles. The van der Waals surface area contributed by atoms with Crippen LogP contribution in [-0.4, -0.2) is 19.8 Å². The van der Waals surface area contributed by atoms with E-state index in [-0.39, 0.29) is 0 Å². The van der Waals surface area contributed by atoms with Crippen LogP contribution in [0.15, 0.2) is 42.7 Å². The molecule has 0 fully saturated rings. The highest BCUT2D eigenvalue weighted by molar-refractivity contribution is 6.33. The zero-order valence-electron chi connectivity index (χ0n) is 8.21. The maximum absolute atomic E-state index is 6.09. The summed E-state index contributed by atoms with van der Waals surface area (Å²) in [6, 6.07) is 11.6. The predicted molar refractivity (Wildman–Crippen MR) is 61.2 cm³/mol. The summed E-state index contributed by atoms with van der Waals surface area (Å²) in [5, 5.41) is 12.6. The van der Waals surface area contributed by atoms with Gasteiger partial charge in [0.1, 0.15) is 6.33 Å². The smallest absolute Gasteiger partial charge is 0.196 e. The van der Waals surface area contributed by atoms with E-state index in [1.54, 1.807) is 10.6 Å².